The van der Waals surface area contributed by atoms with Gasteiger partial charge in [0.15, 0.2) is 0 Å². The van der Waals surface area contributed by atoms with Gasteiger partial charge in [-0.25, -0.2) is 4.98 Å². The molecule has 0 aliphatic carbocycles. The lowest BCUT2D eigenvalue weighted by atomic mass is 10.3. The van der Waals surface area contributed by atoms with Gasteiger partial charge in [-0.2, -0.15) is 0 Å². The molecule has 24 heavy (non-hydrogen) atoms. The molecule has 0 fully saturated rings. The molecule has 0 aliphatic heterocycles. The first-order chi connectivity index (χ1) is 11.5. The number of esters is 1. The van der Waals surface area contributed by atoms with Crippen molar-refractivity contribution in [1.29, 1.82) is 0 Å². The molecule has 0 saturated heterocycles. The lowest BCUT2D eigenvalue weighted by molar-refractivity contribution is -0.146. The number of nitrogens with zero attached hydrogens (tertiary/aromatic N) is 2. The highest BCUT2D eigenvalue weighted by atomic mass is 32.1. The van der Waals surface area contributed by atoms with Crippen molar-refractivity contribution in [2.45, 2.75) is 27.3 Å². The first-order valence-corrected chi connectivity index (χ1v) is 8.63. The molecule has 2 aromatic rings. The summed E-state index contributed by atoms with van der Waals surface area (Å²) in [4.78, 5) is 30.5. The van der Waals surface area contributed by atoms with Gasteiger partial charge in [0.1, 0.15) is 23.8 Å². The molecule has 0 spiro atoms. The van der Waals surface area contributed by atoms with E-state index < -0.39 is 5.97 Å². The summed E-state index contributed by atoms with van der Waals surface area (Å²) in [5.74, 6) is 0.0148. The van der Waals surface area contributed by atoms with Crippen LogP contribution in [0.2, 0.25) is 0 Å². The zero-order valence-electron chi connectivity index (χ0n) is 14.2. The van der Waals surface area contributed by atoms with Gasteiger partial charge < -0.3 is 14.2 Å². The summed E-state index contributed by atoms with van der Waals surface area (Å²) < 4.78 is 16.8. The molecule has 0 atom stereocenters. The molecule has 0 unspecified atom stereocenters. The van der Waals surface area contributed by atoms with Gasteiger partial charge in [-0.1, -0.05) is 0 Å². The molecule has 7 nitrogen and oxygen atoms in total. The van der Waals surface area contributed by atoms with Crippen LogP contribution in [0.1, 0.15) is 17.6 Å². The number of aromatic nitrogens is 2. The highest BCUT2D eigenvalue weighted by Gasteiger charge is 2.14. The minimum atomic E-state index is -0.485. The maximum Gasteiger partial charge on any atom is 0.326 e. The second kappa shape index (κ2) is 8.91. The summed E-state index contributed by atoms with van der Waals surface area (Å²) in [5, 5.41) is 0.537. The van der Waals surface area contributed by atoms with Crippen molar-refractivity contribution >= 4 is 27.5 Å². The van der Waals surface area contributed by atoms with Crippen molar-refractivity contribution in [2.24, 2.45) is 0 Å². The fourth-order valence-electron chi connectivity index (χ4n) is 2.18. The van der Waals surface area contributed by atoms with Crippen molar-refractivity contribution in [1.82, 2.24) is 9.55 Å². The summed E-state index contributed by atoms with van der Waals surface area (Å²) in [6.07, 6.45) is 0. The fourth-order valence-corrected chi connectivity index (χ4v) is 3.09. The van der Waals surface area contributed by atoms with E-state index in [-0.39, 0.29) is 18.7 Å². The highest BCUT2D eigenvalue weighted by Crippen LogP contribution is 2.20. The molecular weight excluding hydrogens is 332 g/mol. The van der Waals surface area contributed by atoms with Crippen LogP contribution in [-0.2, 0) is 25.5 Å². The number of aryl methyl sites for hydroxylation is 2. The van der Waals surface area contributed by atoms with Gasteiger partial charge in [0.25, 0.3) is 5.56 Å². The molecule has 0 N–H and O–H groups in total. The number of rotatable bonds is 9. The van der Waals surface area contributed by atoms with Crippen molar-refractivity contribution < 1.29 is 19.0 Å². The molecule has 132 valence electrons. The van der Waals surface area contributed by atoms with E-state index in [0.717, 1.165) is 4.88 Å². The molecule has 2 heterocycles. The number of hydrogen-bond acceptors (Lipinski definition) is 7. The maximum atomic E-state index is 12.5. The van der Waals surface area contributed by atoms with Crippen molar-refractivity contribution in [3.05, 3.63) is 27.1 Å². The van der Waals surface area contributed by atoms with Gasteiger partial charge in [-0.3, -0.25) is 14.2 Å². The number of ether oxygens (including phenoxy) is 3. The number of carbonyl (C=O) groups excluding carboxylic acids is 1. The quantitative estimate of drug-likeness (QED) is 0.503. The predicted molar refractivity (Wildman–Crippen MR) is 91.6 cm³/mol. The van der Waals surface area contributed by atoms with Crippen molar-refractivity contribution in [3.8, 4) is 0 Å². The first-order valence-electron chi connectivity index (χ1n) is 7.81. The average Bonchev–Trinajstić information content (AvgIpc) is 2.91. The predicted octanol–water partition coefficient (Wildman–Crippen LogP) is 1.67. The van der Waals surface area contributed by atoms with E-state index in [2.05, 4.69) is 4.98 Å². The van der Waals surface area contributed by atoms with Gasteiger partial charge in [-0.15, -0.1) is 11.3 Å². The SMILES string of the molecule is CCOCCOCCOC(=O)Cn1c(C)nc2sc(C)cc2c1=O. The van der Waals surface area contributed by atoms with Crippen LogP contribution in [0.25, 0.3) is 10.2 Å². The van der Waals surface area contributed by atoms with Crippen LogP contribution in [0.3, 0.4) is 0 Å². The molecule has 0 aromatic carbocycles. The van der Waals surface area contributed by atoms with Crippen LogP contribution < -0.4 is 5.56 Å². The lowest BCUT2D eigenvalue weighted by Crippen LogP contribution is -2.28. The minimum absolute atomic E-state index is 0.145. The van der Waals surface area contributed by atoms with E-state index in [1.54, 1.807) is 13.0 Å². The Balaban J connectivity index is 1.88. The van der Waals surface area contributed by atoms with Gasteiger partial charge in [0, 0.05) is 11.5 Å². The Hall–Kier alpha value is -1.77. The van der Waals surface area contributed by atoms with Crippen molar-refractivity contribution in [3.63, 3.8) is 0 Å². The molecule has 0 bridgehead atoms. The molecule has 0 saturated carbocycles. The normalized spacial score (nSPS) is 11.1. The Labute approximate surface area is 144 Å². The topological polar surface area (TPSA) is 79.7 Å². The summed E-state index contributed by atoms with van der Waals surface area (Å²) in [7, 11) is 0. The van der Waals surface area contributed by atoms with Crippen LogP contribution in [0.4, 0.5) is 0 Å². The van der Waals surface area contributed by atoms with E-state index in [1.165, 1.54) is 15.9 Å². The zero-order valence-corrected chi connectivity index (χ0v) is 15.0. The summed E-state index contributed by atoms with van der Waals surface area (Å²) in [6.45, 7) is 7.46. The zero-order chi connectivity index (χ0) is 17.5. The monoisotopic (exact) mass is 354 g/mol. The molecule has 2 aromatic heterocycles. The van der Waals surface area contributed by atoms with Gasteiger partial charge >= 0.3 is 5.97 Å². The van der Waals surface area contributed by atoms with E-state index in [1.807, 2.05) is 13.8 Å². The Morgan fingerprint density at radius 2 is 1.92 bits per heavy atom. The molecule has 8 heteroatoms. The molecular formula is C16H22N2O5S. The van der Waals surface area contributed by atoms with Crippen molar-refractivity contribution in [2.75, 3.05) is 33.0 Å². The second-order valence-electron chi connectivity index (χ2n) is 5.16. The third-order valence-corrected chi connectivity index (χ3v) is 4.26. The van der Waals surface area contributed by atoms with E-state index in [0.29, 0.717) is 42.5 Å². The minimum Gasteiger partial charge on any atom is -0.462 e. The Bertz CT molecular complexity index is 753. The number of hydrogen-bond donors (Lipinski definition) is 0. The Morgan fingerprint density at radius 1 is 1.21 bits per heavy atom. The first kappa shape index (κ1) is 18.6. The number of carbonyl (C=O) groups is 1. The van der Waals surface area contributed by atoms with Crippen LogP contribution in [0.15, 0.2) is 10.9 Å². The van der Waals surface area contributed by atoms with E-state index >= 15 is 0 Å². The number of thiophene rings is 1. The molecule has 0 aliphatic rings. The molecule has 0 amide bonds. The van der Waals surface area contributed by atoms with E-state index in [9.17, 15) is 9.59 Å². The Morgan fingerprint density at radius 3 is 2.67 bits per heavy atom. The average molecular weight is 354 g/mol. The van der Waals surface area contributed by atoms with Crippen LogP contribution >= 0.6 is 11.3 Å². The van der Waals surface area contributed by atoms with Gasteiger partial charge in [-0.05, 0) is 26.8 Å². The fraction of sp³-hybridized carbons (Fsp3) is 0.562. The number of fused-ring (bicyclic) bond motifs is 1. The largest absolute Gasteiger partial charge is 0.462 e. The smallest absolute Gasteiger partial charge is 0.326 e. The second-order valence-corrected chi connectivity index (χ2v) is 6.39. The molecule has 2 rings (SSSR count). The summed E-state index contributed by atoms with van der Waals surface area (Å²) in [6, 6.07) is 1.79. The van der Waals surface area contributed by atoms with Gasteiger partial charge in [0.2, 0.25) is 0 Å². The molecule has 0 radical (unpaired) electrons. The third-order valence-electron chi connectivity index (χ3n) is 3.32. The lowest BCUT2D eigenvalue weighted by Gasteiger charge is -2.10. The van der Waals surface area contributed by atoms with Gasteiger partial charge in [0.05, 0.1) is 25.2 Å². The maximum absolute atomic E-state index is 12.5. The summed E-state index contributed by atoms with van der Waals surface area (Å²) >= 11 is 1.47. The van der Waals surface area contributed by atoms with E-state index in [4.69, 9.17) is 14.2 Å². The van der Waals surface area contributed by atoms with Crippen LogP contribution in [-0.4, -0.2) is 48.6 Å². The highest BCUT2D eigenvalue weighted by molar-refractivity contribution is 7.18. The third kappa shape index (κ3) is 4.86. The standard InChI is InChI=1S/C16H22N2O5S/c1-4-21-5-6-22-7-8-23-14(19)10-18-12(3)17-15-13(16(18)20)9-11(2)24-15/h9H,4-8,10H2,1-3H3. The van der Waals surface area contributed by atoms with Crippen LogP contribution in [0.5, 0.6) is 0 Å². The summed E-state index contributed by atoms with van der Waals surface area (Å²) in [5.41, 5.74) is -0.216. The Kier molecular flexibility index (Phi) is 6.89. The van der Waals surface area contributed by atoms with Crippen LogP contribution in [0, 0.1) is 13.8 Å².